The molecule has 338 valence electrons. The fraction of sp³-hybridized carbons (Fsp3) is 0.913. The fourth-order valence-corrected chi connectivity index (χ4v) is 7.55. The summed E-state index contributed by atoms with van der Waals surface area (Å²) in [7, 11) is -4.62. The second kappa shape index (κ2) is 42.8. The first-order chi connectivity index (χ1) is 27.7. The standard InChI is InChI=1S/C46H89O10P/c1-3-5-7-9-11-13-15-16-17-18-19-20-21-22-23-24-25-26-28-29-31-33-35-37-45(49)53-41-44(42-55-57(51,52)54-40-43(48)39-47)56-46(50)38-36-34-32-30-27-14-12-10-8-6-4-2/h29,31,43-44,47-48H,3-28,30,32-42H2,1-2H3,(H,51,52)/b31-29+/t43-,44+/m1/s1. The van der Waals surface area contributed by atoms with E-state index in [1.807, 2.05) is 0 Å². The predicted octanol–water partition coefficient (Wildman–Crippen LogP) is 12.8. The summed E-state index contributed by atoms with van der Waals surface area (Å²) < 4.78 is 32.7. The van der Waals surface area contributed by atoms with Gasteiger partial charge in [-0.1, -0.05) is 199 Å². The number of aliphatic hydroxyl groups is 2. The minimum Gasteiger partial charge on any atom is -0.462 e. The van der Waals surface area contributed by atoms with Gasteiger partial charge in [0.2, 0.25) is 0 Å². The zero-order valence-electron chi connectivity index (χ0n) is 36.8. The number of aliphatic hydroxyl groups excluding tert-OH is 2. The number of ether oxygens (including phenoxy) is 2. The third-order valence-corrected chi connectivity index (χ3v) is 11.4. The molecule has 0 saturated heterocycles. The summed E-state index contributed by atoms with van der Waals surface area (Å²) in [6.45, 7) is 2.38. The Morgan fingerprint density at radius 1 is 0.509 bits per heavy atom. The van der Waals surface area contributed by atoms with E-state index in [1.54, 1.807) is 0 Å². The van der Waals surface area contributed by atoms with Crippen LogP contribution in [0.15, 0.2) is 12.2 Å². The molecule has 0 amide bonds. The van der Waals surface area contributed by atoms with Crippen molar-refractivity contribution in [3.63, 3.8) is 0 Å². The van der Waals surface area contributed by atoms with Gasteiger partial charge in [-0.15, -0.1) is 0 Å². The van der Waals surface area contributed by atoms with Crippen molar-refractivity contribution < 1.29 is 47.8 Å². The smallest absolute Gasteiger partial charge is 0.462 e. The topological polar surface area (TPSA) is 149 Å². The number of allylic oxidation sites excluding steroid dienone is 2. The van der Waals surface area contributed by atoms with Gasteiger partial charge in [-0.3, -0.25) is 18.6 Å². The quantitative estimate of drug-likeness (QED) is 0.0234. The molecular weight excluding hydrogens is 743 g/mol. The zero-order valence-corrected chi connectivity index (χ0v) is 37.7. The van der Waals surface area contributed by atoms with Gasteiger partial charge in [-0.2, -0.15) is 0 Å². The summed E-state index contributed by atoms with van der Waals surface area (Å²) >= 11 is 0. The highest BCUT2D eigenvalue weighted by molar-refractivity contribution is 7.47. The summed E-state index contributed by atoms with van der Waals surface area (Å²) in [5.74, 6) is -0.951. The minimum absolute atomic E-state index is 0.184. The van der Waals surface area contributed by atoms with E-state index < -0.39 is 51.8 Å². The average Bonchev–Trinajstić information content (AvgIpc) is 3.20. The molecule has 0 saturated carbocycles. The molecule has 0 aliphatic carbocycles. The number of hydrogen-bond donors (Lipinski definition) is 3. The maximum absolute atomic E-state index is 12.6. The highest BCUT2D eigenvalue weighted by Crippen LogP contribution is 2.43. The van der Waals surface area contributed by atoms with E-state index >= 15 is 0 Å². The molecule has 3 atom stereocenters. The molecule has 0 aromatic rings. The molecule has 10 nitrogen and oxygen atoms in total. The lowest BCUT2D eigenvalue weighted by atomic mass is 10.0. The number of hydrogen-bond acceptors (Lipinski definition) is 9. The Morgan fingerprint density at radius 2 is 0.877 bits per heavy atom. The maximum Gasteiger partial charge on any atom is 0.472 e. The Kier molecular flexibility index (Phi) is 41.9. The second-order valence-electron chi connectivity index (χ2n) is 16.1. The van der Waals surface area contributed by atoms with E-state index in [4.69, 9.17) is 19.1 Å². The van der Waals surface area contributed by atoms with Crippen molar-refractivity contribution in [3.8, 4) is 0 Å². The number of rotatable bonds is 45. The van der Waals surface area contributed by atoms with Gasteiger partial charge in [0.05, 0.1) is 19.8 Å². The first-order valence-corrected chi connectivity index (χ1v) is 25.1. The van der Waals surface area contributed by atoms with Gasteiger partial charge >= 0.3 is 19.8 Å². The molecule has 1 unspecified atom stereocenters. The molecule has 57 heavy (non-hydrogen) atoms. The molecule has 0 fully saturated rings. The summed E-state index contributed by atoms with van der Waals surface area (Å²) in [5, 5.41) is 18.3. The van der Waals surface area contributed by atoms with Crippen LogP contribution in [0.25, 0.3) is 0 Å². The molecule has 0 aliphatic rings. The van der Waals surface area contributed by atoms with Crippen LogP contribution in [0.5, 0.6) is 0 Å². The Hall–Kier alpha value is -1.29. The molecule has 0 aromatic heterocycles. The number of phosphoric ester groups is 1. The zero-order chi connectivity index (χ0) is 41.9. The SMILES string of the molecule is CCCCCCCCCCCCCCCCCCCC/C=C/CCCC(=O)OC[C@@H](COP(=O)(O)OC[C@H](O)CO)OC(=O)CCCCCCCCCCCCC. The first kappa shape index (κ1) is 55.7. The predicted molar refractivity (Wildman–Crippen MR) is 233 cm³/mol. The van der Waals surface area contributed by atoms with Gasteiger partial charge in [0.1, 0.15) is 12.7 Å². The van der Waals surface area contributed by atoms with Crippen LogP contribution >= 0.6 is 7.82 Å². The average molecular weight is 833 g/mol. The molecular formula is C46H89O10P. The first-order valence-electron chi connectivity index (χ1n) is 23.6. The molecule has 0 radical (unpaired) electrons. The largest absolute Gasteiger partial charge is 0.472 e. The summed E-state index contributed by atoms with van der Waals surface area (Å²) in [5.41, 5.74) is 0. The van der Waals surface area contributed by atoms with Crippen LogP contribution in [0, 0.1) is 0 Å². The number of esters is 2. The van der Waals surface area contributed by atoms with Crippen molar-refractivity contribution in [1.82, 2.24) is 0 Å². The van der Waals surface area contributed by atoms with Crippen LogP contribution in [0.3, 0.4) is 0 Å². The van der Waals surface area contributed by atoms with Crippen molar-refractivity contribution in [2.24, 2.45) is 0 Å². The molecule has 3 N–H and O–H groups in total. The van der Waals surface area contributed by atoms with Crippen molar-refractivity contribution in [1.29, 1.82) is 0 Å². The van der Waals surface area contributed by atoms with Gasteiger partial charge in [0, 0.05) is 12.8 Å². The Labute approximate surface area is 349 Å². The fourth-order valence-electron chi connectivity index (χ4n) is 6.76. The number of unbranched alkanes of at least 4 members (excludes halogenated alkanes) is 29. The van der Waals surface area contributed by atoms with Crippen LogP contribution in [0.2, 0.25) is 0 Å². The Bertz CT molecular complexity index is 961. The van der Waals surface area contributed by atoms with E-state index in [0.717, 1.165) is 32.1 Å². The van der Waals surface area contributed by atoms with Gasteiger partial charge in [0.25, 0.3) is 0 Å². The van der Waals surface area contributed by atoms with Crippen molar-refractivity contribution in [3.05, 3.63) is 12.2 Å². The van der Waals surface area contributed by atoms with E-state index in [1.165, 1.54) is 161 Å². The van der Waals surface area contributed by atoms with Crippen LogP contribution < -0.4 is 0 Å². The molecule has 11 heteroatoms. The summed E-state index contributed by atoms with van der Waals surface area (Å²) in [6, 6.07) is 0. The molecule has 0 spiro atoms. The van der Waals surface area contributed by atoms with Crippen LogP contribution in [0.4, 0.5) is 0 Å². The lowest BCUT2D eigenvalue weighted by molar-refractivity contribution is -0.161. The number of phosphoric acid groups is 1. The van der Waals surface area contributed by atoms with Crippen LogP contribution in [-0.4, -0.2) is 65.7 Å². The van der Waals surface area contributed by atoms with Gasteiger partial charge < -0.3 is 24.6 Å². The Balaban J connectivity index is 4.13. The van der Waals surface area contributed by atoms with Crippen molar-refractivity contribution in [2.75, 3.05) is 26.4 Å². The Morgan fingerprint density at radius 3 is 1.32 bits per heavy atom. The third-order valence-electron chi connectivity index (χ3n) is 10.4. The molecule has 0 aromatic carbocycles. The van der Waals surface area contributed by atoms with Crippen molar-refractivity contribution in [2.45, 2.75) is 244 Å². The molecule has 0 heterocycles. The highest BCUT2D eigenvalue weighted by atomic mass is 31.2. The van der Waals surface area contributed by atoms with Crippen LogP contribution in [0.1, 0.15) is 232 Å². The normalized spacial score (nSPS) is 13.8. The van der Waals surface area contributed by atoms with E-state index in [9.17, 15) is 24.2 Å². The highest BCUT2D eigenvalue weighted by Gasteiger charge is 2.27. The summed E-state index contributed by atoms with van der Waals surface area (Å²) in [4.78, 5) is 35.0. The van der Waals surface area contributed by atoms with E-state index in [2.05, 4.69) is 30.5 Å². The van der Waals surface area contributed by atoms with E-state index in [0.29, 0.717) is 12.8 Å². The molecule has 0 bridgehead atoms. The third kappa shape index (κ3) is 42.6. The minimum atomic E-state index is -4.62. The van der Waals surface area contributed by atoms with E-state index in [-0.39, 0.29) is 19.4 Å². The number of carbonyl (C=O) groups excluding carboxylic acids is 2. The van der Waals surface area contributed by atoms with Gasteiger partial charge in [-0.25, -0.2) is 4.57 Å². The maximum atomic E-state index is 12.6. The van der Waals surface area contributed by atoms with Gasteiger partial charge in [-0.05, 0) is 32.1 Å². The van der Waals surface area contributed by atoms with Crippen LogP contribution in [-0.2, 0) is 32.7 Å². The monoisotopic (exact) mass is 833 g/mol. The number of carbonyl (C=O) groups is 2. The van der Waals surface area contributed by atoms with Crippen molar-refractivity contribution >= 4 is 19.8 Å². The molecule has 0 aliphatic heterocycles. The second-order valence-corrected chi connectivity index (χ2v) is 17.6. The lowest BCUT2D eigenvalue weighted by Gasteiger charge is -2.20. The summed E-state index contributed by atoms with van der Waals surface area (Å²) in [6.07, 6.45) is 42.0. The van der Waals surface area contributed by atoms with Gasteiger partial charge in [0.15, 0.2) is 6.10 Å². The molecule has 0 rings (SSSR count). The lowest BCUT2D eigenvalue weighted by Crippen LogP contribution is -2.29.